The molecule has 1 aliphatic carbocycles. The van der Waals surface area contributed by atoms with Gasteiger partial charge in [0.2, 0.25) is 5.82 Å². The van der Waals surface area contributed by atoms with E-state index in [1.165, 1.54) is 21.6 Å². The summed E-state index contributed by atoms with van der Waals surface area (Å²) in [6.45, 7) is 1.20. The zero-order valence-electron chi connectivity index (χ0n) is 11.5. The van der Waals surface area contributed by atoms with Crippen molar-refractivity contribution in [3.05, 3.63) is 23.8 Å². The van der Waals surface area contributed by atoms with E-state index in [0.717, 1.165) is 25.7 Å². The highest BCUT2D eigenvalue weighted by Gasteiger charge is 2.51. The Hall–Kier alpha value is -0.130. The van der Waals surface area contributed by atoms with E-state index in [-0.39, 0.29) is 5.41 Å². The third kappa shape index (κ3) is 3.09. The fraction of sp³-hybridized carbons (Fsp3) is 0.692. The lowest BCUT2D eigenvalue weighted by molar-refractivity contribution is -0.196. The van der Waals surface area contributed by atoms with Crippen molar-refractivity contribution in [2.75, 3.05) is 13.2 Å². The summed E-state index contributed by atoms with van der Waals surface area (Å²) >= 11 is 2.09. The average Bonchev–Trinajstić information content (AvgIpc) is 2.54. The minimum atomic E-state index is -4.51. The predicted molar refractivity (Wildman–Crippen MR) is 83.1 cm³/mol. The van der Waals surface area contributed by atoms with Crippen molar-refractivity contribution in [3.8, 4) is 0 Å². The molecule has 3 aliphatic rings. The van der Waals surface area contributed by atoms with Crippen LogP contribution < -0.4 is 0 Å². The normalized spacial score (nSPS) is 31.5. The van der Waals surface area contributed by atoms with Gasteiger partial charge in [-0.15, -0.1) is 0 Å². The van der Waals surface area contributed by atoms with Crippen LogP contribution in [0.25, 0.3) is 0 Å². The van der Waals surface area contributed by atoms with Crippen molar-refractivity contribution < 1.29 is 22.1 Å². The van der Waals surface area contributed by atoms with Gasteiger partial charge < -0.3 is 8.92 Å². The molecule has 2 saturated heterocycles. The zero-order valence-corrected chi connectivity index (χ0v) is 14.5. The number of aromatic nitrogens is 2. The summed E-state index contributed by atoms with van der Waals surface area (Å²) < 4.78 is 49.1. The van der Waals surface area contributed by atoms with Crippen molar-refractivity contribution >= 4 is 30.4 Å². The summed E-state index contributed by atoms with van der Waals surface area (Å²) in [5, 5.41) is 0. The minimum absolute atomic E-state index is 0.0344. The summed E-state index contributed by atoms with van der Waals surface area (Å²) in [5.41, 5.74) is 0.133. The maximum Gasteiger partial charge on any atom is 0.451 e. The first-order chi connectivity index (χ1) is 10.4. The van der Waals surface area contributed by atoms with Gasteiger partial charge in [-0.1, -0.05) is 0 Å². The van der Waals surface area contributed by atoms with Gasteiger partial charge in [-0.05, 0) is 25.7 Å². The maximum atomic E-state index is 12.5. The molecule has 0 amide bonds. The molecule has 3 fully saturated rings. The molecule has 4 nitrogen and oxygen atoms in total. The Kier molecular flexibility index (Phi) is 4.61. The van der Waals surface area contributed by atoms with E-state index in [0.29, 0.717) is 18.8 Å². The largest absolute Gasteiger partial charge is 0.451 e. The molecule has 4 rings (SSSR count). The first kappa shape index (κ1) is 16.7. The Balaban J connectivity index is 1.75. The summed E-state index contributed by atoms with van der Waals surface area (Å²) in [5.74, 6) is -1.11. The van der Waals surface area contributed by atoms with E-state index in [1.54, 1.807) is 0 Å². The summed E-state index contributed by atoms with van der Waals surface area (Å²) in [6.07, 6.45) is 1.39. The molecule has 1 aromatic rings. The van der Waals surface area contributed by atoms with Gasteiger partial charge >= 0.3 is 6.18 Å². The zero-order chi connectivity index (χ0) is 15.8. The molecule has 0 radical (unpaired) electrons. The smallest absolute Gasteiger partial charge is 0.370 e. The lowest BCUT2D eigenvalue weighted by Crippen LogP contribution is -2.51. The van der Waals surface area contributed by atoms with Crippen LogP contribution in [-0.2, 0) is 20.7 Å². The summed E-state index contributed by atoms with van der Waals surface area (Å²) in [7, 11) is 1.31. The van der Waals surface area contributed by atoms with Crippen molar-refractivity contribution in [3.63, 3.8) is 0 Å². The highest BCUT2D eigenvalue weighted by atomic mass is 127. The third-order valence-electron chi connectivity index (χ3n) is 4.61. The number of hydrogen-bond donors (Lipinski definition) is 0. The molecule has 2 aliphatic heterocycles. The standard InChI is InChI=1S/C13H14F3IN2O2S/c14-13(15,16)10-18-5-9(6-19-10)12-3-1-11(2-4-12,7-20-12)8-21-22-17/h5-6H,1-4,7-8H2. The summed E-state index contributed by atoms with van der Waals surface area (Å²) in [6, 6.07) is 0. The molecule has 0 aromatic carbocycles. The van der Waals surface area contributed by atoms with Crippen molar-refractivity contribution in [2.45, 2.75) is 37.5 Å². The Morgan fingerprint density at radius 3 is 2.32 bits per heavy atom. The second kappa shape index (κ2) is 6.06. The highest BCUT2D eigenvalue weighted by molar-refractivity contribution is 14.2. The third-order valence-corrected chi connectivity index (χ3v) is 5.58. The first-order valence-electron chi connectivity index (χ1n) is 6.83. The van der Waals surface area contributed by atoms with Gasteiger partial charge in [0.15, 0.2) is 0 Å². The molecule has 3 heterocycles. The number of rotatable bonds is 4. The van der Waals surface area contributed by atoms with Crippen LogP contribution in [0, 0.1) is 5.41 Å². The van der Waals surface area contributed by atoms with Crippen LogP contribution in [0.1, 0.15) is 37.1 Å². The van der Waals surface area contributed by atoms with E-state index < -0.39 is 17.6 Å². The lowest BCUT2D eigenvalue weighted by Gasteiger charge is -2.52. The fourth-order valence-corrected chi connectivity index (χ4v) is 3.86. The van der Waals surface area contributed by atoms with Crippen molar-refractivity contribution in [2.24, 2.45) is 5.41 Å². The van der Waals surface area contributed by atoms with Gasteiger partial charge in [-0.3, -0.25) is 0 Å². The van der Waals surface area contributed by atoms with Crippen LogP contribution in [0.2, 0.25) is 0 Å². The molecule has 9 heteroatoms. The van der Waals surface area contributed by atoms with Gasteiger partial charge in [-0.25, -0.2) is 9.97 Å². The molecule has 0 unspecified atom stereocenters. The van der Waals surface area contributed by atoms with Gasteiger partial charge in [0.25, 0.3) is 0 Å². The molecule has 1 saturated carbocycles. The Labute approximate surface area is 142 Å². The van der Waals surface area contributed by atoms with Crippen LogP contribution in [0.3, 0.4) is 0 Å². The average molecular weight is 446 g/mol. The number of nitrogens with zero attached hydrogens (tertiary/aromatic N) is 2. The van der Waals surface area contributed by atoms with E-state index >= 15 is 0 Å². The van der Waals surface area contributed by atoms with E-state index in [1.807, 2.05) is 0 Å². The number of hydrogen-bond acceptors (Lipinski definition) is 5. The molecule has 22 heavy (non-hydrogen) atoms. The summed E-state index contributed by atoms with van der Waals surface area (Å²) in [4.78, 5) is 6.91. The van der Waals surface area contributed by atoms with E-state index in [9.17, 15) is 13.2 Å². The topological polar surface area (TPSA) is 44.2 Å². The monoisotopic (exact) mass is 446 g/mol. The number of ether oxygens (including phenoxy) is 1. The quantitative estimate of drug-likeness (QED) is 0.510. The second-order valence-corrected chi connectivity index (χ2v) is 7.34. The first-order valence-corrected chi connectivity index (χ1v) is 10.1. The number of alkyl halides is 3. The van der Waals surface area contributed by atoms with E-state index in [4.69, 9.17) is 8.92 Å². The van der Waals surface area contributed by atoms with Crippen LogP contribution in [0.5, 0.6) is 0 Å². The molecule has 0 N–H and O–H groups in total. The second-order valence-electron chi connectivity index (χ2n) is 5.90. The van der Waals surface area contributed by atoms with Crippen LogP contribution in [0.15, 0.2) is 12.4 Å². The molecule has 0 spiro atoms. The van der Waals surface area contributed by atoms with Gasteiger partial charge in [0.1, 0.15) is 0 Å². The van der Waals surface area contributed by atoms with Crippen LogP contribution >= 0.6 is 30.4 Å². The van der Waals surface area contributed by atoms with Crippen molar-refractivity contribution in [1.29, 1.82) is 0 Å². The molecule has 122 valence electrons. The minimum Gasteiger partial charge on any atom is -0.370 e. The Morgan fingerprint density at radius 2 is 1.86 bits per heavy atom. The fourth-order valence-electron chi connectivity index (χ4n) is 3.18. The van der Waals surface area contributed by atoms with Crippen molar-refractivity contribution in [1.82, 2.24) is 9.97 Å². The SMILES string of the molecule is FC(F)(F)c1ncc(C23CCC(COSI)(CC2)CO3)cn1. The van der Waals surface area contributed by atoms with Crippen LogP contribution in [-0.4, -0.2) is 23.2 Å². The number of halogens is 4. The van der Waals surface area contributed by atoms with Crippen LogP contribution in [0.4, 0.5) is 13.2 Å². The number of fused-ring (bicyclic) bond motifs is 3. The molecule has 2 bridgehead atoms. The Bertz CT molecular complexity index is 517. The molecule has 1 aromatic heterocycles. The molecular formula is C13H14F3IN2O2S. The maximum absolute atomic E-state index is 12.5. The molecular weight excluding hydrogens is 432 g/mol. The predicted octanol–water partition coefficient (Wildman–Crippen LogP) is 4.30. The lowest BCUT2D eigenvalue weighted by atomic mass is 9.65. The Morgan fingerprint density at radius 1 is 1.23 bits per heavy atom. The van der Waals surface area contributed by atoms with E-state index in [2.05, 4.69) is 31.2 Å². The van der Waals surface area contributed by atoms with Gasteiger partial charge in [-0.2, -0.15) is 13.2 Å². The van der Waals surface area contributed by atoms with Gasteiger partial charge in [0.05, 0.1) is 28.0 Å². The highest BCUT2D eigenvalue weighted by Crippen LogP contribution is 2.53. The molecule has 0 atom stereocenters. The van der Waals surface area contributed by atoms with Gasteiger partial charge in [0, 0.05) is 44.6 Å².